The molecule has 2 rings (SSSR count). The molecule has 1 aromatic carbocycles. The first-order valence-corrected chi connectivity index (χ1v) is 8.07. The maximum atomic E-state index is 12.2. The van der Waals surface area contributed by atoms with Crippen molar-refractivity contribution in [2.75, 3.05) is 4.72 Å². The molecule has 0 saturated heterocycles. The van der Waals surface area contributed by atoms with Crippen molar-refractivity contribution in [3.8, 4) is 0 Å². The number of benzene rings is 1. The molecule has 0 amide bonds. The first-order chi connectivity index (χ1) is 8.92. The Kier molecular flexibility index (Phi) is 3.93. The summed E-state index contributed by atoms with van der Waals surface area (Å²) in [7, 11) is -3.59. The van der Waals surface area contributed by atoms with Crippen LogP contribution in [0, 0.1) is 13.8 Å². The molecule has 2 aromatic rings. The topological polar surface area (TPSA) is 66.4 Å². The van der Waals surface area contributed by atoms with Crippen LogP contribution in [0.5, 0.6) is 0 Å². The Morgan fingerprint density at radius 1 is 1.26 bits per heavy atom. The average Bonchev–Trinajstić information content (AvgIpc) is 2.83. The zero-order valence-electron chi connectivity index (χ0n) is 10.7. The average molecular weight is 297 g/mol. The number of hydrogen-bond donors (Lipinski definition) is 2. The van der Waals surface area contributed by atoms with Crippen LogP contribution in [0.2, 0.25) is 0 Å². The third kappa shape index (κ3) is 3.15. The van der Waals surface area contributed by atoms with Gasteiger partial charge in [-0.2, -0.15) is 0 Å². The molecule has 102 valence electrons. The molecule has 0 aliphatic carbocycles. The van der Waals surface area contributed by atoms with Gasteiger partial charge in [0, 0.05) is 10.3 Å². The molecule has 1 heterocycles. The van der Waals surface area contributed by atoms with Crippen LogP contribution in [-0.4, -0.2) is 13.5 Å². The normalized spacial score (nSPS) is 11.5. The molecule has 0 spiro atoms. The number of aryl methyl sites for hydroxylation is 2. The third-order valence-electron chi connectivity index (χ3n) is 2.73. The Morgan fingerprint density at radius 3 is 2.63 bits per heavy atom. The van der Waals surface area contributed by atoms with Gasteiger partial charge in [-0.25, -0.2) is 8.42 Å². The van der Waals surface area contributed by atoms with E-state index in [-0.39, 0.29) is 11.5 Å². The molecule has 0 aliphatic heterocycles. The van der Waals surface area contributed by atoms with E-state index in [1.165, 1.54) is 22.8 Å². The van der Waals surface area contributed by atoms with Crippen molar-refractivity contribution < 1.29 is 13.5 Å². The van der Waals surface area contributed by atoms with Crippen molar-refractivity contribution in [1.82, 2.24) is 0 Å². The third-order valence-corrected chi connectivity index (χ3v) is 5.15. The van der Waals surface area contributed by atoms with Crippen LogP contribution in [0.1, 0.15) is 16.0 Å². The number of hydrogen-bond acceptors (Lipinski definition) is 4. The fourth-order valence-corrected chi connectivity index (χ4v) is 3.89. The van der Waals surface area contributed by atoms with Gasteiger partial charge >= 0.3 is 0 Å². The van der Waals surface area contributed by atoms with Gasteiger partial charge in [0.05, 0.1) is 17.2 Å². The van der Waals surface area contributed by atoms with E-state index in [2.05, 4.69) is 4.72 Å². The Bertz CT molecular complexity index is 690. The van der Waals surface area contributed by atoms with Crippen LogP contribution in [-0.2, 0) is 16.6 Å². The number of sulfonamides is 1. The summed E-state index contributed by atoms with van der Waals surface area (Å²) in [4.78, 5) is 0.809. The van der Waals surface area contributed by atoms with Crippen LogP contribution in [0.15, 0.2) is 34.5 Å². The molecular formula is C13H15NO3S2. The SMILES string of the molecule is Cc1ccc(C)c(NS(=O)(=O)c2csc(CO)c2)c1. The van der Waals surface area contributed by atoms with E-state index in [0.717, 1.165) is 11.1 Å². The minimum absolute atomic E-state index is 0.149. The lowest BCUT2D eigenvalue weighted by molar-refractivity contribution is 0.285. The monoisotopic (exact) mass is 297 g/mol. The van der Waals surface area contributed by atoms with E-state index in [1.54, 1.807) is 6.07 Å². The van der Waals surface area contributed by atoms with E-state index in [4.69, 9.17) is 5.11 Å². The van der Waals surface area contributed by atoms with Gasteiger partial charge in [0.25, 0.3) is 10.0 Å². The lowest BCUT2D eigenvalue weighted by Crippen LogP contribution is -2.13. The van der Waals surface area contributed by atoms with Gasteiger partial charge in [-0.1, -0.05) is 12.1 Å². The van der Waals surface area contributed by atoms with Gasteiger partial charge in [-0.05, 0) is 37.1 Å². The second-order valence-electron chi connectivity index (χ2n) is 4.33. The minimum Gasteiger partial charge on any atom is -0.391 e. The largest absolute Gasteiger partial charge is 0.391 e. The lowest BCUT2D eigenvalue weighted by atomic mass is 10.1. The summed E-state index contributed by atoms with van der Waals surface area (Å²) in [5, 5.41) is 10.5. The first kappa shape index (κ1) is 14.0. The zero-order chi connectivity index (χ0) is 14.0. The lowest BCUT2D eigenvalue weighted by Gasteiger charge is -2.10. The summed E-state index contributed by atoms with van der Waals surface area (Å²) < 4.78 is 27.0. The summed E-state index contributed by atoms with van der Waals surface area (Å²) in [6.07, 6.45) is 0. The highest BCUT2D eigenvalue weighted by Crippen LogP contribution is 2.24. The van der Waals surface area contributed by atoms with Crippen molar-refractivity contribution in [1.29, 1.82) is 0 Å². The number of rotatable bonds is 4. The van der Waals surface area contributed by atoms with Gasteiger partial charge in [0.1, 0.15) is 0 Å². The number of thiophene rings is 1. The maximum Gasteiger partial charge on any atom is 0.262 e. The number of nitrogens with one attached hydrogen (secondary N) is 1. The smallest absolute Gasteiger partial charge is 0.262 e. The van der Waals surface area contributed by atoms with E-state index in [1.807, 2.05) is 26.0 Å². The van der Waals surface area contributed by atoms with Crippen LogP contribution in [0.3, 0.4) is 0 Å². The number of aliphatic hydroxyl groups is 1. The number of anilines is 1. The van der Waals surface area contributed by atoms with Crippen molar-refractivity contribution >= 4 is 27.0 Å². The Morgan fingerprint density at radius 2 is 2.00 bits per heavy atom. The van der Waals surface area contributed by atoms with Crippen molar-refractivity contribution in [2.24, 2.45) is 0 Å². The summed E-state index contributed by atoms with van der Waals surface area (Å²) >= 11 is 1.23. The zero-order valence-corrected chi connectivity index (χ0v) is 12.3. The molecule has 0 aliphatic rings. The van der Waals surface area contributed by atoms with E-state index in [9.17, 15) is 8.42 Å². The van der Waals surface area contributed by atoms with Gasteiger partial charge in [0.2, 0.25) is 0 Å². The maximum absolute atomic E-state index is 12.2. The van der Waals surface area contributed by atoms with Crippen LogP contribution < -0.4 is 4.72 Å². The van der Waals surface area contributed by atoms with Crippen molar-refractivity contribution in [3.63, 3.8) is 0 Å². The predicted octanol–water partition coefficient (Wildman–Crippen LogP) is 2.66. The molecule has 0 atom stereocenters. The predicted molar refractivity (Wildman–Crippen MR) is 77.0 cm³/mol. The second kappa shape index (κ2) is 5.32. The molecule has 6 heteroatoms. The van der Waals surface area contributed by atoms with Crippen LogP contribution in [0.4, 0.5) is 5.69 Å². The summed E-state index contributed by atoms with van der Waals surface area (Å²) in [6.45, 7) is 3.61. The molecule has 0 saturated carbocycles. The highest BCUT2D eigenvalue weighted by atomic mass is 32.2. The molecule has 0 fully saturated rings. The Hall–Kier alpha value is -1.37. The fourth-order valence-electron chi connectivity index (χ4n) is 1.63. The standard InChI is InChI=1S/C13H15NO3S2/c1-9-3-4-10(2)13(5-9)14-19(16,17)12-6-11(7-15)18-8-12/h3-6,8,14-15H,7H2,1-2H3. The van der Waals surface area contributed by atoms with E-state index in [0.29, 0.717) is 10.6 Å². The highest BCUT2D eigenvalue weighted by molar-refractivity contribution is 7.92. The van der Waals surface area contributed by atoms with Crippen LogP contribution in [0.25, 0.3) is 0 Å². The highest BCUT2D eigenvalue weighted by Gasteiger charge is 2.17. The molecule has 1 aromatic heterocycles. The van der Waals surface area contributed by atoms with Gasteiger partial charge in [-0.3, -0.25) is 4.72 Å². The van der Waals surface area contributed by atoms with Gasteiger partial charge in [0.15, 0.2) is 0 Å². The van der Waals surface area contributed by atoms with E-state index < -0.39 is 10.0 Å². The first-order valence-electron chi connectivity index (χ1n) is 5.71. The molecule has 0 bridgehead atoms. The molecule has 19 heavy (non-hydrogen) atoms. The van der Waals surface area contributed by atoms with Gasteiger partial charge < -0.3 is 5.11 Å². The molecule has 0 unspecified atom stereocenters. The summed E-state index contributed by atoms with van der Waals surface area (Å²) in [5.41, 5.74) is 2.44. The Labute approximate surface area is 116 Å². The quantitative estimate of drug-likeness (QED) is 0.911. The summed E-state index contributed by atoms with van der Waals surface area (Å²) in [6, 6.07) is 7.09. The molecular weight excluding hydrogens is 282 g/mol. The Balaban J connectivity index is 2.33. The minimum atomic E-state index is -3.59. The molecule has 0 radical (unpaired) electrons. The van der Waals surface area contributed by atoms with Crippen molar-refractivity contribution in [3.05, 3.63) is 45.6 Å². The fraction of sp³-hybridized carbons (Fsp3) is 0.231. The molecule has 4 nitrogen and oxygen atoms in total. The number of aliphatic hydroxyl groups excluding tert-OH is 1. The molecule has 2 N–H and O–H groups in total. The van der Waals surface area contributed by atoms with Crippen molar-refractivity contribution in [2.45, 2.75) is 25.3 Å². The van der Waals surface area contributed by atoms with Crippen LogP contribution >= 0.6 is 11.3 Å². The summed E-state index contributed by atoms with van der Waals surface area (Å²) in [5.74, 6) is 0. The second-order valence-corrected chi connectivity index (χ2v) is 7.01. The van der Waals surface area contributed by atoms with Gasteiger partial charge in [-0.15, -0.1) is 11.3 Å². The van der Waals surface area contributed by atoms with E-state index >= 15 is 0 Å².